The van der Waals surface area contributed by atoms with Gasteiger partial charge in [0.1, 0.15) is 11.5 Å². The van der Waals surface area contributed by atoms with Crippen molar-refractivity contribution in [1.29, 1.82) is 0 Å². The van der Waals surface area contributed by atoms with E-state index in [0.29, 0.717) is 23.5 Å². The maximum absolute atomic E-state index is 12.2. The standard InChI is InChI=1S/C19H17NO5S/c1-24-15-4-2-3-13(10-15)16(21)11-25-14-7-5-12(6-8-14)9-17-18(22)20-19(23)26-17/h2-8,10,17H,9,11H2,1H3,(H,20,22,23)/t17-/m0/s1. The van der Waals surface area contributed by atoms with Gasteiger partial charge in [0.15, 0.2) is 12.4 Å². The van der Waals surface area contributed by atoms with E-state index in [-0.39, 0.29) is 23.5 Å². The van der Waals surface area contributed by atoms with E-state index in [0.717, 1.165) is 17.3 Å². The molecule has 7 heteroatoms. The summed E-state index contributed by atoms with van der Waals surface area (Å²) < 4.78 is 10.6. The molecule has 1 fully saturated rings. The quantitative estimate of drug-likeness (QED) is 0.754. The fraction of sp³-hybridized carbons (Fsp3) is 0.211. The summed E-state index contributed by atoms with van der Waals surface area (Å²) in [4.78, 5) is 35.0. The Labute approximate surface area is 154 Å². The van der Waals surface area contributed by atoms with E-state index < -0.39 is 5.25 Å². The first-order chi connectivity index (χ1) is 12.5. The Balaban J connectivity index is 1.55. The van der Waals surface area contributed by atoms with Crippen molar-refractivity contribution in [1.82, 2.24) is 5.32 Å². The summed E-state index contributed by atoms with van der Waals surface area (Å²) >= 11 is 1.00. The number of nitrogens with one attached hydrogen (secondary N) is 1. The fourth-order valence-corrected chi connectivity index (χ4v) is 3.35. The minimum atomic E-state index is -0.399. The number of imide groups is 1. The van der Waals surface area contributed by atoms with Crippen molar-refractivity contribution < 1.29 is 23.9 Å². The van der Waals surface area contributed by atoms with E-state index in [1.54, 1.807) is 43.5 Å². The first kappa shape index (κ1) is 18.0. The van der Waals surface area contributed by atoms with Crippen LogP contribution in [0, 0.1) is 0 Å². The van der Waals surface area contributed by atoms with Crippen LogP contribution in [0.3, 0.4) is 0 Å². The minimum Gasteiger partial charge on any atom is -0.497 e. The van der Waals surface area contributed by atoms with Gasteiger partial charge in [0.05, 0.1) is 12.4 Å². The molecule has 6 nitrogen and oxygen atoms in total. The summed E-state index contributed by atoms with van der Waals surface area (Å²) in [6.07, 6.45) is 0.464. The lowest BCUT2D eigenvalue weighted by atomic mass is 10.1. The Bertz CT molecular complexity index is 834. The molecule has 0 aromatic heterocycles. The summed E-state index contributed by atoms with van der Waals surface area (Å²) in [5, 5.41) is 1.56. The molecule has 3 rings (SSSR count). The number of Topliss-reactive ketones (excluding diaryl/α,β-unsaturated/α-hetero) is 1. The number of amides is 2. The topological polar surface area (TPSA) is 81.7 Å². The fourth-order valence-electron chi connectivity index (χ4n) is 2.49. The number of hydrogen-bond acceptors (Lipinski definition) is 6. The second kappa shape index (κ2) is 8.05. The molecule has 1 saturated heterocycles. The van der Waals surface area contributed by atoms with Gasteiger partial charge in [-0.1, -0.05) is 36.0 Å². The number of benzene rings is 2. The van der Waals surface area contributed by atoms with Crippen LogP contribution < -0.4 is 14.8 Å². The van der Waals surface area contributed by atoms with Crippen LogP contribution in [0.4, 0.5) is 4.79 Å². The third-order valence-corrected chi connectivity index (χ3v) is 4.85. The second-order valence-electron chi connectivity index (χ2n) is 5.68. The molecule has 0 spiro atoms. The third-order valence-electron chi connectivity index (χ3n) is 3.87. The van der Waals surface area contributed by atoms with Gasteiger partial charge < -0.3 is 9.47 Å². The van der Waals surface area contributed by atoms with E-state index in [4.69, 9.17) is 9.47 Å². The number of ether oxygens (including phenoxy) is 2. The molecule has 2 aromatic carbocycles. The lowest BCUT2D eigenvalue weighted by Gasteiger charge is -2.09. The van der Waals surface area contributed by atoms with E-state index in [1.807, 2.05) is 12.1 Å². The van der Waals surface area contributed by atoms with Crippen molar-refractivity contribution in [3.05, 3.63) is 59.7 Å². The van der Waals surface area contributed by atoms with Crippen LogP contribution in [-0.4, -0.2) is 35.9 Å². The molecule has 0 unspecified atom stereocenters. The van der Waals surface area contributed by atoms with Gasteiger partial charge in [0.25, 0.3) is 5.24 Å². The molecule has 134 valence electrons. The monoisotopic (exact) mass is 371 g/mol. The number of hydrogen-bond donors (Lipinski definition) is 1. The Hall–Kier alpha value is -2.80. The van der Waals surface area contributed by atoms with Crippen molar-refractivity contribution in [3.8, 4) is 11.5 Å². The molecule has 1 heterocycles. The molecule has 1 aliphatic rings. The van der Waals surface area contributed by atoms with Gasteiger partial charge in [-0.15, -0.1) is 0 Å². The minimum absolute atomic E-state index is 0.0814. The SMILES string of the molecule is COc1cccc(C(=O)COc2ccc(C[C@@H]3SC(=O)NC3=O)cc2)c1. The molecule has 2 aromatic rings. The van der Waals surface area contributed by atoms with Crippen molar-refractivity contribution in [2.24, 2.45) is 0 Å². The second-order valence-corrected chi connectivity index (χ2v) is 6.85. The molecule has 2 amide bonds. The lowest BCUT2D eigenvalue weighted by molar-refractivity contribution is -0.118. The highest BCUT2D eigenvalue weighted by molar-refractivity contribution is 8.15. The third kappa shape index (κ3) is 4.43. The Morgan fingerprint density at radius 2 is 1.88 bits per heavy atom. The Morgan fingerprint density at radius 1 is 1.12 bits per heavy atom. The van der Waals surface area contributed by atoms with Gasteiger partial charge in [-0.25, -0.2) is 0 Å². The summed E-state index contributed by atoms with van der Waals surface area (Å²) in [6.45, 7) is -0.0814. The number of ketones is 1. The van der Waals surface area contributed by atoms with Crippen LogP contribution in [0.25, 0.3) is 0 Å². The molecule has 0 bridgehead atoms. The summed E-state index contributed by atoms with van der Waals surface area (Å²) in [6, 6.07) is 14.0. The number of methoxy groups -OCH3 is 1. The van der Waals surface area contributed by atoms with Gasteiger partial charge in [-0.3, -0.25) is 19.7 Å². The van der Waals surface area contributed by atoms with Crippen LogP contribution in [-0.2, 0) is 11.2 Å². The highest BCUT2D eigenvalue weighted by Crippen LogP contribution is 2.24. The van der Waals surface area contributed by atoms with Crippen LogP contribution in [0.1, 0.15) is 15.9 Å². The average molecular weight is 371 g/mol. The molecule has 0 aliphatic carbocycles. The van der Waals surface area contributed by atoms with Crippen molar-refractivity contribution in [2.45, 2.75) is 11.7 Å². The molecule has 0 radical (unpaired) electrons. The number of carbonyl (C=O) groups is 3. The van der Waals surface area contributed by atoms with E-state index in [1.165, 1.54) is 0 Å². The molecule has 0 saturated carbocycles. The zero-order chi connectivity index (χ0) is 18.5. The van der Waals surface area contributed by atoms with Crippen LogP contribution in [0.15, 0.2) is 48.5 Å². The zero-order valence-electron chi connectivity index (χ0n) is 14.1. The molecular formula is C19H17NO5S. The summed E-state index contributed by atoms with van der Waals surface area (Å²) in [5.74, 6) is 0.770. The van der Waals surface area contributed by atoms with Crippen LogP contribution in [0.2, 0.25) is 0 Å². The molecule has 1 aliphatic heterocycles. The van der Waals surface area contributed by atoms with Gasteiger partial charge in [0.2, 0.25) is 5.91 Å². The zero-order valence-corrected chi connectivity index (χ0v) is 14.9. The Morgan fingerprint density at radius 3 is 2.54 bits per heavy atom. The van der Waals surface area contributed by atoms with Gasteiger partial charge in [-0.05, 0) is 36.2 Å². The molecule has 26 heavy (non-hydrogen) atoms. The number of carbonyl (C=O) groups excluding carboxylic acids is 3. The van der Waals surface area contributed by atoms with Crippen molar-refractivity contribution in [2.75, 3.05) is 13.7 Å². The first-order valence-corrected chi connectivity index (χ1v) is 8.83. The molecule has 1 atom stereocenters. The smallest absolute Gasteiger partial charge is 0.286 e. The summed E-state index contributed by atoms with van der Waals surface area (Å²) in [7, 11) is 1.55. The molecule has 1 N–H and O–H groups in total. The lowest BCUT2D eigenvalue weighted by Crippen LogP contribution is -2.25. The van der Waals surface area contributed by atoms with Crippen LogP contribution in [0.5, 0.6) is 11.5 Å². The van der Waals surface area contributed by atoms with Gasteiger partial charge >= 0.3 is 0 Å². The summed E-state index contributed by atoms with van der Waals surface area (Å²) in [5.41, 5.74) is 1.44. The highest BCUT2D eigenvalue weighted by Gasteiger charge is 2.31. The average Bonchev–Trinajstić information content (AvgIpc) is 2.97. The Kier molecular flexibility index (Phi) is 5.58. The van der Waals surface area contributed by atoms with Crippen molar-refractivity contribution >= 4 is 28.7 Å². The maximum atomic E-state index is 12.2. The normalized spacial score (nSPS) is 16.3. The maximum Gasteiger partial charge on any atom is 0.286 e. The predicted molar refractivity (Wildman–Crippen MR) is 97.9 cm³/mol. The van der Waals surface area contributed by atoms with Gasteiger partial charge in [0, 0.05) is 5.56 Å². The van der Waals surface area contributed by atoms with E-state index in [2.05, 4.69) is 5.32 Å². The van der Waals surface area contributed by atoms with Crippen LogP contribution >= 0.6 is 11.8 Å². The first-order valence-electron chi connectivity index (χ1n) is 7.95. The van der Waals surface area contributed by atoms with E-state index in [9.17, 15) is 14.4 Å². The largest absolute Gasteiger partial charge is 0.497 e. The molecular weight excluding hydrogens is 354 g/mol. The number of rotatable bonds is 7. The predicted octanol–water partition coefficient (Wildman–Crippen LogP) is 2.85. The number of thioether (sulfide) groups is 1. The highest BCUT2D eigenvalue weighted by atomic mass is 32.2. The van der Waals surface area contributed by atoms with E-state index >= 15 is 0 Å². The van der Waals surface area contributed by atoms with Crippen molar-refractivity contribution in [3.63, 3.8) is 0 Å². The van der Waals surface area contributed by atoms with Gasteiger partial charge in [-0.2, -0.15) is 0 Å².